The van der Waals surface area contributed by atoms with Gasteiger partial charge in [-0.15, -0.1) is 0 Å². The van der Waals surface area contributed by atoms with Gasteiger partial charge >= 0.3 is 0 Å². The van der Waals surface area contributed by atoms with E-state index in [9.17, 15) is 19.7 Å². The van der Waals surface area contributed by atoms with E-state index < -0.39 is 4.92 Å². The molecular formula is C20H22N4O4. The van der Waals surface area contributed by atoms with Crippen molar-refractivity contribution in [1.82, 2.24) is 5.32 Å². The van der Waals surface area contributed by atoms with E-state index >= 15 is 0 Å². The van der Waals surface area contributed by atoms with E-state index in [0.29, 0.717) is 25.2 Å². The third kappa shape index (κ3) is 4.85. The molecule has 2 aromatic carbocycles. The van der Waals surface area contributed by atoms with Gasteiger partial charge in [0.1, 0.15) is 5.69 Å². The number of nitrogens with zero attached hydrogens (tertiary/aromatic N) is 2. The number of anilines is 2. The van der Waals surface area contributed by atoms with E-state index in [2.05, 4.69) is 10.6 Å². The van der Waals surface area contributed by atoms with Crippen molar-refractivity contribution >= 4 is 28.9 Å². The van der Waals surface area contributed by atoms with Crippen LogP contribution in [0.2, 0.25) is 0 Å². The topological polar surface area (TPSA) is 105 Å². The lowest BCUT2D eigenvalue weighted by atomic mass is 10.2. The highest BCUT2D eigenvalue weighted by molar-refractivity contribution is 5.95. The summed E-state index contributed by atoms with van der Waals surface area (Å²) in [5.74, 6) is -0.00270. The number of nitro groups is 1. The summed E-state index contributed by atoms with van der Waals surface area (Å²) in [5, 5.41) is 16.7. The van der Waals surface area contributed by atoms with Gasteiger partial charge in [-0.25, -0.2) is 0 Å². The molecule has 1 saturated heterocycles. The van der Waals surface area contributed by atoms with Gasteiger partial charge < -0.3 is 15.5 Å². The van der Waals surface area contributed by atoms with Crippen LogP contribution in [-0.4, -0.2) is 29.8 Å². The van der Waals surface area contributed by atoms with Gasteiger partial charge in [-0.2, -0.15) is 0 Å². The van der Waals surface area contributed by atoms with Gasteiger partial charge in [-0.3, -0.25) is 19.7 Å². The molecule has 1 fully saturated rings. The predicted molar refractivity (Wildman–Crippen MR) is 106 cm³/mol. The van der Waals surface area contributed by atoms with Crippen LogP contribution >= 0.6 is 0 Å². The minimum atomic E-state index is -0.457. The lowest BCUT2D eigenvalue weighted by Crippen LogP contribution is -2.25. The molecule has 8 nitrogen and oxygen atoms in total. The largest absolute Gasteiger partial charge is 0.379 e. The molecule has 1 aliphatic heterocycles. The zero-order chi connectivity index (χ0) is 19.9. The lowest BCUT2D eigenvalue weighted by Gasteiger charge is -2.16. The van der Waals surface area contributed by atoms with Crippen molar-refractivity contribution in [3.05, 3.63) is 64.2 Å². The van der Waals surface area contributed by atoms with Gasteiger partial charge in [0.2, 0.25) is 11.8 Å². The van der Waals surface area contributed by atoms with Gasteiger partial charge in [-0.05, 0) is 30.2 Å². The van der Waals surface area contributed by atoms with E-state index in [4.69, 9.17) is 0 Å². The van der Waals surface area contributed by atoms with Gasteiger partial charge in [0.25, 0.3) is 5.69 Å². The van der Waals surface area contributed by atoms with Crippen molar-refractivity contribution in [3.8, 4) is 0 Å². The Balaban J connectivity index is 1.43. The summed E-state index contributed by atoms with van der Waals surface area (Å²) in [6.07, 6.45) is 1.68. The second-order valence-corrected chi connectivity index (χ2v) is 6.54. The summed E-state index contributed by atoms with van der Waals surface area (Å²) in [4.78, 5) is 36.1. The minimum Gasteiger partial charge on any atom is -0.379 e. The summed E-state index contributed by atoms with van der Waals surface area (Å²) in [6.45, 7) is 1.44. The van der Waals surface area contributed by atoms with Crippen LogP contribution in [0.25, 0.3) is 0 Å². The highest BCUT2D eigenvalue weighted by Gasteiger charge is 2.21. The van der Waals surface area contributed by atoms with E-state index in [0.717, 1.165) is 24.2 Å². The van der Waals surface area contributed by atoms with Gasteiger partial charge in [0.15, 0.2) is 0 Å². The zero-order valence-electron chi connectivity index (χ0n) is 15.4. The number of rotatable bonds is 8. The Morgan fingerprint density at radius 1 is 1.14 bits per heavy atom. The molecule has 0 spiro atoms. The lowest BCUT2D eigenvalue weighted by molar-refractivity contribution is -0.384. The molecule has 0 atom stereocenters. The molecule has 0 saturated carbocycles. The predicted octanol–water partition coefficient (Wildman–Crippen LogP) is 2.84. The highest BCUT2D eigenvalue weighted by Crippen LogP contribution is 2.23. The van der Waals surface area contributed by atoms with Crippen molar-refractivity contribution in [2.75, 3.05) is 23.3 Å². The highest BCUT2D eigenvalue weighted by atomic mass is 16.6. The van der Waals surface area contributed by atoms with Crippen LogP contribution < -0.4 is 15.5 Å². The quantitative estimate of drug-likeness (QED) is 0.540. The fourth-order valence-corrected chi connectivity index (χ4v) is 3.10. The average Bonchev–Trinajstić information content (AvgIpc) is 3.13. The summed E-state index contributed by atoms with van der Waals surface area (Å²) in [6, 6.07) is 13.9. The number of nitrogens with one attached hydrogen (secondary N) is 2. The van der Waals surface area contributed by atoms with Gasteiger partial charge in [-0.1, -0.05) is 24.3 Å². The fourth-order valence-electron chi connectivity index (χ4n) is 3.10. The molecule has 0 radical (unpaired) electrons. The third-order valence-electron chi connectivity index (χ3n) is 4.58. The Kier molecular flexibility index (Phi) is 6.21. The maximum atomic E-state index is 12.0. The average molecular weight is 382 g/mol. The van der Waals surface area contributed by atoms with Crippen molar-refractivity contribution in [2.24, 2.45) is 0 Å². The van der Waals surface area contributed by atoms with Crippen LogP contribution in [0.15, 0.2) is 48.5 Å². The first-order valence-corrected chi connectivity index (χ1v) is 9.18. The van der Waals surface area contributed by atoms with Crippen LogP contribution in [0.3, 0.4) is 0 Å². The second kappa shape index (κ2) is 8.98. The van der Waals surface area contributed by atoms with Crippen LogP contribution in [-0.2, 0) is 16.1 Å². The smallest absolute Gasteiger partial charge is 0.292 e. The Labute approximate surface area is 162 Å². The Hall–Kier alpha value is -3.42. The molecule has 2 amide bonds. The number of carbonyl (C=O) groups excluding carboxylic acids is 2. The second-order valence-electron chi connectivity index (χ2n) is 6.54. The number of hydrogen-bond donors (Lipinski definition) is 2. The van der Waals surface area contributed by atoms with Crippen LogP contribution in [0.5, 0.6) is 0 Å². The summed E-state index contributed by atoms with van der Waals surface area (Å²) in [7, 11) is 0. The van der Waals surface area contributed by atoms with Crippen molar-refractivity contribution < 1.29 is 14.5 Å². The standard InChI is InChI=1S/C20H22N4O4/c25-19(11-12-21-17-4-1-2-5-18(17)24(27)28)22-14-15-7-9-16(10-8-15)23-13-3-6-20(23)26/h1-2,4-5,7-10,21H,3,6,11-14H2,(H,22,25). The zero-order valence-corrected chi connectivity index (χ0v) is 15.4. The number of hydrogen-bond acceptors (Lipinski definition) is 5. The van der Waals surface area contributed by atoms with Crippen molar-refractivity contribution in [2.45, 2.75) is 25.8 Å². The first-order chi connectivity index (χ1) is 13.5. The molecule has 1 aliphatic rings. The minimum absolute atomic E-state index is 0.0144. The molecule has 28 heavy (non-hydrogen) atoms. The SMILES string of the molecule is O=C(CCNc1ccccc1[N+](=O)[O-])NCc1ccc(N2CCCC2=O)cc1. The maximum Gasteiger partial charge on any atom is 0.292 e. The van der Waals surface area contributed by atoms with Gasteiger partial charge in [0.05, 0.1) is 4.92 Å². The van der Waals surface area contributed by atoms with E-state index in [1.807, 2.05) is 24.3 Å². The van der Waals surface area contributed by atoms with Gasteiger partial charge in [0, 0.05) is 44.2 Å². The van der Waals surface area contributed by atoms with Crippen molar-refractivity contribution in [3.63, 3.8) is 0 Å². The molecule has 8 heteroatoms. The number of benzene rings is 2. The van der Waals surface area contributed by atoms with Crippen LogP contribution in [0.4, 0.5) is 17.1 Å². The number of nitro benzene ring substituents is 1. The summed E-state index contributed by atoms with van der Waals surface area (Å²) in [5.41, 5.74) is 2.20. The van der Waals surface area contributed by atoms with Crippen LogP contribution in [0, 0.1) is 10.1 Å². The summed E-state index contributed by atoms with van der Waals surface area (Å²) < 4.78 is 0. The monoisotopic (exact) mass is 382 g/mol. The molecule has 2 N–H and O–H groups in total. The van der Waals surface area contributed by atoms with E-state index in [1.165, 1.54) is 6.07 Å². The van der Waals surface area contributed by atoms with E-state index in [-0.39, 0.29) is 23.9 Å². The third-order valence-corrected chi connectivity index (χ3v) is 4.58. The number of para-hydroxylation sites is 2. The number of carbonyl (C=O) groups is 2. The maximum absolute atomic E-state index is 12.0. The molecular weight excluding hydrogens is 360 g/mol. The molecule has 3 rings (SSSR count). The molecule has 146 valence electrons. The number of amides is 2. The molecule has 1 heterocycles. The molecule has 2 aromatic rings. The molecule has 0 unspecified atom stereocenters. The Bertz CT molecular complexity index is 867. The molecule has 0 aliphatic carbocycles. The molecule has 0 bridgehead atoms. The first kappa shape index (κ1) is 19.3. The van der Waals surface area contributed by atoms with Crippen molar-refractivity contribution in [1.29, 1.82) is 0 Å². The fraction of sp³-hybridized carbons (Fsp3) is 0.300. The van der Waals surface area contributed by atoms with E-state index in [1.54, 1.807) is 23.1 Å². The molecule has 0 aromatic heterocycles. The first-order valence-electron chi connectivity index (χ1n) is 9.18. The summed E-state index contributed by atoms with van der Waals surface area (Å²) >= 11 is 0. The van der Waals surface area contributed by atoms with Crippen LogP contribution in [0.1, 0.15) is 24.8 Å². The Morgan fingerprint density at radius 3 is 2.57 bits per heavy atom. The normalized spacial score (nSPS) is 13.4. The Morgan fingerprint density at radius 2 is 1.89 bits per heavy atom.